The van der Waals surface area contributed by atoms with E-state index in [0.29, 0.717) is 18.5 Å². The van der Waals surface area contributed by atoms with Crippen molar-refractivity contribution in [2.45, 2.75) is 45.6 Å². The van der Waals surface area contributed by atoms with E-state index >= 15 is 0 Å². The topological polar surface area (TPSA) is 61.9 Å². The molecule has 2 aliphatic heterocycles. The molecule has 2 aromatic carbocycles. The van der Waals surface area contributed by atoms with E-state index in [0.717, 1.165) is 51.5 Å². The monoisotopic (exact) mass is 449 g/mol. The van der Waals surface area contributed by atoms with Gasteiger partial charge in [0.15, 0.2) is 0 Å². The second-order valence-electron chi connectivity index (χ2n) is 10.0. The summed E-state index contributed by atoms with van der Waals surface area (Å²) >= 11 is 0. The molecule has 6 nitrogen and oxygen atoms in total. The van der Waals surface area contributed by atoms with Gasteiger partial charge in [0.25, 0.3) is 5.91 Å². The smallest absolute Gasteiger partial charge is 0.251 e. The van der Waals surface area contributed by atoms with Crippen LogP contribution in [0.1, 0.15) is 54.2 Å². The van der Waals surface area contributed by atoms with Crippen molar-refractivity contribution in [3.05, 3.63) is 64.7 Å². The second kappa shape index (κ2) is 9.96. The number of piperazine rings is 1. The maximum absolute atomic E-state index is 12.6. The van der Waals surface area contributed by atoms with E-state index < -0.39 is 0 Å². The fourth-order valence-electron chi connectivity index (χ4n) is 4.42. The zero-order valence-electron chi connectivity index (χ0n) is 20.0. The van der Waals surface area contributed by atoms with E-state index in [4.69, 9.17) is 4.74 Å². The van der Waals surface area contributed by atoms with Crippen molar-refractivity contribution in [2.75, 3.05) is 39.3 Å². The van der Waals surface area contributed by atoms with E-state index in [-0.39, 0.29) is 17.2 Å². The summed E-state index contributed by atoms with van der Waals surface area (Å²) < 4.78 is 5.59. The van der Waals surface area contributed by atoms with Crippen molar-refractivity contribution in [3.63, 3.8) is 0 Å². The Bertz CT molecular complexity index is 987. The van der Waals surface area contributed by atoms with E-state index in [2.05, 4.69) is 49.2 Å². The van der Waals surface area contributed by atoms with Gasteiger partial charge in [-0.2, -0.15) is 0 Å². The summed E-state index contributed by atoms with van der Waals surface area (Å²) in [5, 5.41) is 2.88. The van der Waals surface area contributed by atoms with Gasteiger partial charge in [-0.3, -0.25) is 14.5 Å². The van der Waals surface area contributed by atoms with Gasteiger partial charge in [-0.25, -0.2) is 0 Å². The largest absolute Gasteiger partial charge is 0.493 e. The van der Waals surface area contributed by atoms with E-state index in [9.17, 15) is 9.59 Å². The molecule has 1 N–H and O–H groups in total. The SMILES string of the molecule is CC(C)(C)c1ccc(C(=O)NCCC(=O)N2CCN(Cc3ccc4c(c3)CCO4)CC2)cc1. The summed E-state index contributed by atoms with van der Waals surface area (Å²) in [6.45, 7) is 11.7. The second-order valence-corrected chi connectivity index (χ2v) is 10.0. The molecule has 0 unspecified atom stereocenters. The normalized spacial score (nSPS) is 16.3. The zero-order chi connectivity index (χ0) is 23.4. The van der Waals surface area contributed by atoms with E-state index in [1.54, 1.807) is 0 Å². The third-order valence-electron chi connectivity index (χ3n) is 6.52. The van der Waals surface area contributed by atoms with Gasteiger partial charge in [-0.15, -0.1) is 0 Å². The number of hydrogen-bond acceptors (Lipinski definition) is 4. The quantitative estimate of drug-likeness (QED) is 0.735. The first-order valence-corrected chi connectivity index (χ1v) is 11.9. The van der Waals surface area contributed by atoms with Crippen LogP contribution in [0.5, 0.6) is 5.75 Å². The van der Waals surface area contributed by atoms with Gasteiger partial charge in [0.05, 0.1) is 6.61 Å². The summed E-state index contributed by atoms with van der Waals surface area (Å²) in [5.41, 5.74) is 4.48. The van der Waals surface area contributed by atoms with Gasteiger partial charge in [0.2, 0.25) is 5.91 Å². The van der Waals surface area contributed by atoms with Crippen LogP contribution in [0.15, 0.2) is 42.5 Å². The van der Waals surface area contributed by atoms with Crippen LogP contribution in [0.25, 0.3) is 0 Å². The first-order chi connectivity index (χ1) is 15.8. The molecular weight excluding hydrogens is 414 g/mol. The number of hydrogen-bond donors (Lipinski definition) is 1. The van der Waals surface area contributed by atoms with Gasteiger partial charge < -0.3 is 15.0 Å². The van der Waals surface area contributed by atoms with Crippen molar-refractivity contribution in [1.29, 1.82) is 0 Å². The minimum absolute atomic E-state index is 0.0571. The predicted octanol–water partition coefficient (Wildman–Crippen LogP) is 3.38. The molecule has 2 amide bonds. The van der Waals surface area contributed by atoms with Gasteiger partial charge in [-0.1, -0.05) is 45.0 Å². The average Bonchev–Trinajstić information content (AvgIpc) is 3.27. The lowest BCUT2D eigenvalue weighted by atomic mass is 9.87. The maximum atomic E-state index is 12.6. The first kappa shape index (κ1) is 23.3. The van der Waals surface area contributed by atoms with Crippen molar-refractivity contribution < 1.29 is 14.3 Å². The van der Waals surface area contributed by atoms with Crippen LogP contribution in [0.3, 0.4) is 0 Å². The van der Waals surface area contributed by atoms with E-state index in [1.165, 1.54) is 16.7 Å². The first-order valence-electron chi connectivity index (χ1n) is 11.9. The van der Waals surface area contributed by atoms with Gasteiger partial charge in [0.1, 0.15) is 5.75 Å². The Labute approximate surface area is 196 Å². The number of ether oxygens (including phenoxy) is 1. The summed E-state index contributed by atoms with van der Waals surface area (Å²) in [6.07, 6.45) is 1.32. The Kier molecular flexibility index (Phi) is 7.03. The molecule has 6 heteroatoms. The summed E-state index contributed by atoms with van der Waals surface area (Å²) in [7, 11) is 0. The molecule has 0 bridgehead atoms. The molecular formula is C27H35N3O3. The molecule has 2 aliphatic rings. The number of amides is 2. The molecule has 2 heterocycles. The number of rotatable bonds is 6. The van der Waals surface area contributed by atoms with Crippen molar-refractivity contribution in [3.8, 4) is 5.75 Å². The Balaban J connectivity index is 1.17. The Morgan fingerprint density at radius 3 is 2.42 bits per heavy atom. The molecule has 33 heavy (non-hydrogen) atoms. The standard InChI is InChI=1S/C27H35N3O3/c1-27(2,3)23-7-5-21(6-8-23)26(32)28-12-10-25(31)30-15-13-29(14-16-30)19-20-4-9-24-22(18-20)11-17-33-24/h4-9,18H,10-17,19H2,1-3H3,(H,28,32). The van der Waals surface area contributed by atoms with Crippen LogP contribution < -0.4 is 10.1 Å². The number of nitrogens with zero attached hydrogens (tertiary/aromatic N) is 2. The van der Waals surface area contributed by atoms with Crippen LogP contribution >= 0.6 is 0 Å². The maximum Gasteiger partial charge on any atom is 0.251 e. The Hall–Kier alpha value is -2.86. The molecule has 0 atom stereocenters. The minimum atomic E-state index is -0.132. The molecule has 0 aromatic heterocycles. The lowest BCUT2D eigenvalue weighted by Gasteiger charge is -2.35. The zero-order valence-corrected chi connectivity index (χ0v) is 20.0. The van der Waals surface area contributed by atoms with E-state index in [1.807, 2.05) is 29.2 Å². The number of nitrogens with one attached hydrogen (secondary N) is 1. The number of fused-ring (bicyclic) bond motifs is 1. The highest BCUT2D eigenvalue weighted by Crippen LogP contribution is 2.26. The van der Waals surface area contributed by atoms with Gasteiger partial charge >= 0.3 is 0 Å². The molecule has 2 aromatic rings. The van der Waals surface area contributed by atoms with Crippen LogP contribution in [-0.4, -0.2) is 60.9 Å². The molecule has 176 valence electrons. The number of benzene rings is 2. The summed E-state index contributed by atoms with van der Waals surface area (Å²) in [6, 6.07) is 14.2. The third-order valence-corrected chi connectivity index (χ3v) is 6.52. The lowest BCUT2D eigenvalue weighted by Crippen LogP contribution is -2.48. The fourth-order valence-corrected chi connectivity index (χ4v) is 4.42. The summed E-state index contributed by atoms with van der Waals surface area (Å²) in [4.78, 5) is 29.3. The molecule has 0 spiro atoms. The Morgan fingerprint density at radius 2 is 1.73 bits per heavy atom. The van der Waals surface area contributed by atoms with Crippen LogP contribution in [0.2, 0.25) is 0 Å². The highest BCUT2D eigenvalue weighted by Gasteiger charge is 2.22. The Morgan fingerprint density at radius 1 is 1.00 bits per heavy atom. The molecule has 0 aliphatic carbocycles. The summed E-state index contributed by atoms with van der Waals surface area (Å²) in [5.74, 6) is 0.990. The molecule has 4 rings (SSSR count). The van der Waals surface area contributed by atoms with Crippen LogP contribution in [0.4, 0.5) is 0 Å². The van der Waals surface area contributed by atoms with Crippen molar-refractivity contribution in [1.82, 2.24) is 15.1 Å². The molecule has 1 fully saturated rings. The molecule has 0 saturated carbocycles. The minimum Gasteiger partial charge on any atom is -0.493 e. The highest BCUT2D eigenvalue weighted by atomic mass is 16.5. The number of carbonyl (C=O) groups is 2. The van der Waals surface area contributed by atoms with Crippen LogP contribution in [0, 0.1) is 0 Å². The van der Waals surface area contributed by atoms with Crippen LogP contribution in [-0.2, 0) is 23.2 Å². The lowest BCUT2D eigenvalue weighted by molar-refractivity contribution is -0.132. The molecule has 1 saturated heterocycles. The highest BCUT2D eigenvalue weighted by molar-refractivity contribution is 5.94. The third kappa shape index (κ3) is 5.93. The number of carbonyl (C=O) groups excluding carboxylic acids is 2. The van der Waals surface area contributed by atoms with Gasteiger partial charge in [0, 0.05) is 57.7 Å². The average molecular weight is 450 g/mol. The molecule has 0 radical (unpaired) electrons. The fraction of sp³-hybridized carbons (Fsp3) is 0.481. The predicted molar refractivity (Wildman–Crippen MR) is 130 cm³/mol. The van der Waals surface area contributed by atoms with Crippen molar-refractivity contribution >= 4 is 11.8 Å². The van der Waals surface area contributed by atoms with Gasteiger partial charge in [-0.05, 0) is 40.3 Å². The van der Waals surface area contributed by atoms with Crippen molar-refractivity contribution in [2.24, 2.45) is 0 Å².